The lowest BCUT2D eigenvalue weighted by atomic mass is 10.0. The van der Waals surface area contributed by atoms with Crippen LogP contribution in [0, 0.1) is 0 Å². The van der Waals surface area contributed by atoms with Gasteiger partial charge in [-0.2, -0.15) is 0 Å². The van der Waals surface area contributed by atoms with Gasteiger partial charge >= 0.3 is 0 Å². The molecule has 1 aromatic carbocycles. The van der Waals surface area contributed by atoms with Crippen LogP contribution in [0.2, 0.25) is 0 Å². The summed E-state index contributed by atoms with van der Waals surface area (Å²) in [5.74, 6) is 0. The number of benzene rings is 1. The highest BCUT2D eigenvalue weighted by atomic mass is 16.7. The molecule has 94 valence electrons. The molecule has 0 aliphatic carbocycles. The first-order chi connectivity index (χ1) is 8.04. The normalized spacial score (nSPS) is 25.8. The van der Waals surface area contributed by atoms with Crippen molar-refractivity contribution < 1.29 is 9.47 Å². The van der Waals surface area contributed by atoms with Crippen molar-refractivity contribution in [1.82, 2.24) is 0 Å². The summed E-state index contributed by atoms with van der Waals surface area (Å²) in [7, 11) is 0. The second-order valence-corrected chi connectivity index (χ2v) is 5.63. The van der Waals surface area contributed by atoms with Gasteiger partial charge in [0.05, 0.1) is 11.7 Å². The van der Waals surface area contributed by atoms with Gasteiger partial charge in [0.2, 0.25) is 0 Å². The Morgan fingerprint density at radius 2 is 1.82 bits per heavy atom. The Morgan fingerprint density at radius 1 is 1.12 bits per heavy atom. The molecule has 0 aromatic heterocycles. The fraction of sp³-hybridized carbons (Fsp3) is 0.600. The molecule has 2 heteroatoms. The minimum atomic E-state index is -0.136. The average Bonchev–Trinajstić information content (AvgIpc) is 2.28. The maximum absolute atomic E-state index is 6.03. The third kappa shape index (κ3) is 3.83. The zero-order chi connectivity index (χ0) is 12.3. The van der Waals surface area contributed by atoms with E-state index in [4.69, 9.17) is 9.47 Å². The molecule has 0 unspecified atom stereocenters. The van der Waals surface area contributed by atoms with Crippen molar-refractivity contribution in [2.24, 2.45) is 0 Å². The van der Waals surface area contributed by atoms with E-state index < -0.39 is 0 Å². The average molecular weight is 234 g/mol. The summed E-state index contributed by atoms with van der Waals surface area (Å²) in [5, 5.41) is 0. The van der Waals surface area contributed by atoms with Crippen LogP contribution in [0.25, 0.3) is 0 Å². The number of hydrogen-bond donors (Lipinski definition) is 0. The molecule has 1 aromatic rings. The van der Waals surface area contributed by atoms with E-state index >= 15 is 0 Å². The summed E-state index contributed by atoms with van der Waals surface area (Å²) in [6.45, 7) is 6.22. The number of ether oxygens (including phenoxy) is 2. The van der Waals surface area contributed by atoms with Gasteiger partial charge in [-0.3, -0.25) is 0 Å². The van der Waals surface area contributed by atoms with Crippen molar-refractivity contribution in [3.63, 3.8) is 0 Å². The minimum Gasteiger partial charge on any atom is -0.347 e. The molecular formula is C15H22O2. The van der Waals surface area contributed by atoms with Gasteiger partial charge in [0, 0.05) is 0 Å². The van der Waals surface area contributed by atoms with Crippen molar-refractivity contribution in [3.8, 4) is 0 Å². The standard InChI is InChI=1S/C15H22O2/c1-15(2,3)17-14-11-7-10-13(16-14)12-8-5-4-6-9-12/h4-6,8-9,13-14H,7,10-11H2,1-3H3/t13-,14+/m1/s1. The monoisotopic (exact) mass is 234 g/mol. The van der Waals surface area contributed by atoms with Crippen LogP contribution in [0.1, 0.15) is 51.7 Å². The van der Waals surface area contributed by atoms with Crippen LogP contribution in [-0.2, 0) is 9.47 Å². The van der Waals surface area contributed by atoms with Crippen LogP contribution in [0.4, 0.5) is 0 Å². The Morgan fingerprint density at radius 3 is 2.47 bits per heavy atom. The highest BCUT2D eigenvalue weighted by Gasteiger charge is 2.27. The summed E-state index contributed by atoms with van der Waals surface area (Å²) < 4.78 is 11.9. The summed E-state index contributed by atoms with van der Waals surface area (Å²) in [6.07, 6.45) is 3.39. The maximum atomic E-state index is 6.03. The predicted molar refractivity (Wildman–Crippen MR) is 68.7 cm³/mol. The lowest BCUT2D eigenvalue weighted by Crippen LogP contribution is -2.32. The molecule has 2 rings (SSSR count). The summed E-state index contributed by atoms with van der Waals surface area (Å²) >= 11 is 0. The van der Waals surface area contributed by atoms with Gasteiger partial charge in [-0.25, -0.2) is 0 Å². The molecule has 17 heavy (non-hydrogen) atoms. The van der Waals surface area contributed by atoms with Gasteiger partial charge in [-0.15, -0.1) is 0 Å². The van der Waals surface area contributed by atoms with Gasteiger partial charge in [0.1, 0.15) is 0 Å². The summed E-state index contributed by atoms with van der Waals surface area (Å²) in [5.41, 5.74) is 1.12. The second kappa shape index (κ2) is 5.19. The smallest absolute Gasteiger partial charge is 0.159 e. The zero-order valence-corrected chi connectivity index (χ0v) is 11.0. The number of hydrogen-bond acceptors (Lipinski definition) is 2. The fourth-order valence-electron chi connectivity index (χ4n) is 2.18. The molecular weight excluding hydrogens is 212 g/mol. The van der Waals surface area contributed by atoms with Crippen LogP contribution < -0.4 is 0 Å². The van der Waals surface area contributed by atoms with E-state index in [1.807, 2.05) is 6.07 Å². The Kier molecular flexibility index (Phi) is 3.85. The van der Waals surface area contributed by atoms with Crippen molar-refractivity contribution in [1.29, 1.82) is 0 Å². The highest BCUT2D eigenvalue weighted by Crippen LogP contribution is 2.32. The molecule has 1 fully saturated rings. The minimum absolute atomic E-state index is 0.0612. The molecule has 1 aliphatic heterocycles. The van der Waals surface area contributed by atoms with Crippen LogP contribution >= 0.6 is 0 Å². The van der Waals surface area contributed by atoms with Crippen molar-refractivity contribution >= 4 is 0 Å². The Hall–Kier alpha value is -0.860. The van der Waals surface area contributed by atoms with E-state index in [1.54, 1.807) is 0 Å². The van der Waals surface area contributed by atoms with E-state index in [0.717, 1.165) is 12.8 Å². The first kappa shape index (κ1) is 12.6. The lowest BCUT2D eigenvalue weighted by Gasteiger charge is -2.34. The molecule has 2 atom stereocenters. The van der Waals surface area contributed by atoms with E-state index in [9.17, 15) is 0 Å². The molecule has 0 amide bonds. The van der Waals surface area contributed by atoms with Gasteiger partial charge in [-0.1, -0.05) is 30.3 Å². The summed E-state index contributed by atoms with van der Waals surface area (Å²) in [4.78, 5) is 0. The van der Waals surface area contributed by atoms with Gasteiger partial charge in [0.25, 0.3) is 0 Å². The SMILES string of the molecule is CC(C)(C)O[C@H]1CCC[C@H](c2ccccc2)O1. The van der Waals surface area contributed by atoms with E-state index in [-0.39, 0.29) is 18.0 Å². The van der Waals surface area contributed by atoms with E-state index in [0.29, 0.717) is 0 Å². The van der Waals surface area contributed by atoms with Gasteiger partial charge < -0.3 is 9.47 Å². The van der Waals surface area contributed by atoms with Gasteiger partial charge in [0.15, 0.2) is 6.29 Å². The van der Waals surface area contributed by atoms with E-state index in [2.05, 4.69) is 45.0 Å². The summed E-state index contributed by atoms with van der Waals surface area (Å²) in [6, 6.07) is 10.4. The van der Waals surface area contributed by atoms with E-state index in [1.165, 1.54) is 12.0 Å². The molecule has 2 nitrogen and oxygen atoms in total. The van der Waals surface area contributed by atoms with Crippen LogP contribution in [0.3, 0.4) is 0 Å². The third-order valence-electron chi connectivity index (χ3n) is 2.88. The quantitative estimate of drug-likeness (QED) is 0.768. The topological polar surface area (TPSA) is 18.5 Å². The molecule has 0 bridgehead atoms. The Bertz CT molecular complexity index is 340. The van der Waals surface area contributed by atoms with Crippen molar-refractivity contribution in [2.75, 3.05) is 0 Å². The molecule has 0 radical (unpaired) electrons. The molecule has 0 spiro atoms. The molecule has 0 saturated carbocycles. The van der Waals surface area contributed by atoms with Crippen LogP contribution in [0.5, 0.6) is 0 Å². The fourth-order valence-corrected chi connectivity index (χ4v) is 2.18. The van der Waals surface area contributed by atoms with Gasteiger partial charge in [-0.05, 0) is 45.6 Å². The third-order valence-corrected chi connectivity index (χ3v) is 2.88. The first-order valence-electron chi connectivity index (χ1n) is 6.43. The van der Waals surface area contributed by atoms with Crippen LogP contribution in [-0.4, -0.2) is 11.9 Å². The first-order valence-corrected chi connectivity index (χ1v) is 6.43. The molecule has 0 N–H and O–H groups in total. The Balaban J connectivity index is 1.98. The maximum Gasteiger partial charge on any atom is 0.159 e. The predicted octanol–water partition coefficient (Wildman–Crippen LogP) is 4.07. The van der Waals surface area contributed by atoms with Crippen molar-refractivity contribution in [2.45, 2.75) is 58.0 Å². The van der Waals surface area contributed by atoms with Crippen LogP contribution in [0.15, 0.2) is 30.3 Å². The molecule has 1 heterocycles. The zero-order valence-electron chi connectivity index (χ0n) is 11.0. The molecule has 1 aliphatic rings. The second-order valence-electron chi connectivity index (χ2n) is 5.63. The Labute approximate surface area is 104 Å². The molecule has 1 saturated heterocycles. The lowest BCUT2D eigenvalue weighted by molar-refractivity contribution is -0.235. The van der Waals surface area contributed by atoms with Crippen molar-refractivity contribution in [3.05, 3.63) is 35.9 Å². The highest BCUT2D eigenvalue weighted by molar-refractivity contribution is 5.17. The number of rotatable bonds is 2. The largest absolute Gasteiger partial charge is 0.347 e.